The maximum absolute atomic E-state index is 14.3. The normalized spacial score (nSPS) is 14.1. The summed E-state index contributed by atoms with van der Waals surface area (Å²) in [5.41, 5.74) is 2.70. The van der Waals surface area contributed by atoms with Gasteiger partial charge in [0, 0.05) is 36.8 Å². The molecule has 22 heavy (non-hydrogen) atoms. The Labute approximate surface area is 126 Å². The van der Waals surface area contributed by atoms with Gasteiger partial charge in [0.2, 0.25) is 5.88 Å². The van der Waals surface area contributed by atoms with E-state index < -0.39 is 5.82 Å². The Balaban J connectivity index is 1.76. The summed E-state index contributed by atoms with van der Waals surface area (Å²) < 4.78 is 21.9. The molecular formula is C16H15FN4O. The van der Waals surface area contributed by atoms with Crippen LogP contribution in [-0.4, -0.2) is 21.1 Å². The van der Waals surface area contributed by atoms with Gasteiger partial charge in [-0.3, -0.25) is 0 Å². The largest absolute Gasteiger partial charge is 0.436 e. The van der Waals surface area contributed by atoms with Crippen molar-refractivity contribution in [2.45, 2.75) is 13.0 Å². The third-order valence-electron chi connectivity index (χ3n) is 3.98. The van der Waals surface area contributed by atoms with Gasteiger partial charge in [0.25, 0.3) is 0 Å². The first kappa shape index (κ1) is 13.2. The topological polar surface area (TPSA) is 52.0 Å². The highest BCUT2D eigenvalue weighted by atomic mass is 19.1. The molecular weight excluding hydrogens is 283 g/mol. The SMILES string of the molecule is Cn1ccc2cc(Oc3ncnc4c3CCNC4)c(F)cc21. The third-order valence-corrected chi connectivity index (χ3v) is 3.98. The molecule has 0 radical (unpaired) electrons. The second-order valence-corrected chi connectivity index (χ2v) is 5.40. The lowest BCUT2D eigenvalue weighted by molar-refractivity contribution is 0.416. The number of nitrogens with one attached hydrogen (secondary N) is 1. The summed E-state index contributed by atoms with van der Waals surface area (Å²) in [7, 11) is 1.89. The highest BCUT2D eigenvalue weighted by Gasteiger charge is 2.18. The highest BCUT2D eigenvalue weighted by Crippen LogP contribution is 2.31. The fourth-order valence-corrected chi connectivity index (χ4v) is 2.79. The predicted molar refractivity (Wildman–Crippen MR) is 80.4 cm³/mol. The first-order chi connectivity index (χ1) is 10.7. The van der Waals surface area contributed by atoms with E-state index in [-0.39, 0.29) is 5.75 Å². The summed E-state index contributed by atoms with van der Waals surface area (Å²) in [6.45, 7) is 1.53. The molecule has 0 amide bonds. The van der Waals surface area contributed by atoms with Gasteiger partial charge in [0.05, 0.1) is 11.2 Å². The Morgan fingerprint density at radius 3 is 3.14 bits per heavy atom. The zero-order chi connectivity index (χ0) is 15.1. The Hall–Kier alpha value is -2.47. The van der Waals surface area contributed by atoms with Crippen molar-refractivity contribution in [3.05, 3.63) is 47.8 Å². The zero-order valence-electron chi connectivity index (χ0n) is 12.1. The highest BCUT2D eigenvalue weighted by molar-refractivity contribution is 5.81. The summed E-state index contributed by atoms with van der Waals surface area (Å²) in [5.74, 6) is 0.245. The molecule has 6 heteroatoms. The number of rotatable bonds is 2. The summed E-state index contributed by atoms with van der Waals surface area (Å²) in [4.78, 5) is 8.43. The lowest BCUT2D eigenvalue weighted by Gasteiger charge is -2.18. The fraction of sp³-hybridized carbons (Fsp3) is 0.250. The van der Waals surface area contributed by atoms with Crippen molar-refractivity contribution in [2.75, 3.05) is 6.54 Å². The Morgan fingerprint density at radius 2 is 2.23 bits per heavy atom. The number of benzene rings is 1. The molecule has 4 rings (SSSR count). The van der Waals surface area contributed by atoms with Gasteiger partial charge in [-0.2, -0.15) is 0 Å². The number of hydrogen-bond acceptors (Lipinski definition) is 4. The molecule has 1 aromatic carbocycles. The first-order valence-corrected chi connectivity index (χ1v) is 7.18. The van der Waals surface area contributed by atoms with Crippen LogP contribution in [0.4, 0.5) is 4.39 Å². The van der Waals surface area contributed by atoms with Crippen LogP contribution in [0.5, 0.6) is 11.6 Å². The average Bonchev–Trinajstić information content (AvgIpc) is 2.89. The van der Waals surface area contributed by atoms with E-state index in [0.717, 1.165) is 35.1 Å². The standard InChI is InChI=1S/C16H15FN4O/c1-21-5-3-10-6-15(12(17)7-14(10)21)22-16-11-2-4-18-8-13(11)19-9-20-16/h3,5-7,9,18H,2,4,8H2,1H3. The number of aromatic nitrogens is 3. The van der Waals surface area contributed by atoms with E-state index in [0.29, 0.717) is 12.4 Å². The fourth-order valence-electron chi connectivity index (χ4n) is 2.79. The number of nitrogens with zero attached hydrogens (tertiary/aromatic N) is 3. The van der Waals surface area contributed by atoms with E-state index in [2.05, 4.69) is 15.3 Å². The van der Waals surface area contributed by atoms with Crippen molar-refractivity contribution in [1.29, 1.82) is 0 Å². The van der Waals surface area contributed by atoms with Gasteiger partial charge in [0.1, 0.15) is 6.33 Å². The van der Waals surface area contributed by atoms with Crippen molar-refractivity contribution in [2.24, 2.45) is 7.05 Å². The first-order valence-electron chi connectivity index (χ1n) is 7.18. The Morgan fingerprint density at radius 1 is 1.32 bits per heavy atom. The maximum Gasteiger partial charge on any atom is 0.225 e. The minimum Gasteiger partial charge on any atom is -0.436 e. The molecule has 0 atom stereocenters. The molecule has 3 aromatic rings. The second-order valence-electron chi connectivity index (χ2n) is 5.40. The van der Waals surface area contributed by atoms with Crippen LogP contribution < -0.4 is 10.1 Å². The van der Waals surface area contributed by atoms with Crippen molar-refractivity contribution >= 4 is 10.9 Å². The Kier molecular flexibility index (Phi) is 3.04. The van der Waals surface area contributed by atoms with Crippen LogP contribution in [0.25, 0.3) is 10.9 Å². The summed E-state index contributed by atoms with van der Waals surface area (Å²) in [6, 6.07) is 5.13. The van der Waals surface area contributed by atoms with Gasteiger partial charge >= 0.3 is 0 Å². The summed E-state index contributed by atoms with van der Waals surface area (Å²) >= 11 is 0. The molecule has 0 saturated carbocycles. The van der Waals surface area contributed by atoms with Gasteiger partial charge in [0.15, 0.2) is 11.6 Å². The van der Waals surface area contributed by atoms with Gasteiger partial charge in [-0.05, 0) is 25.1 Å². The molecule has 0 fully saturated rings. The number of ether oxygens (including phenoxy) is 1. The molecule has 1 aliphatic heterocycles. The maximum atomic E-state index is 14.3. The van der Waals surface area contributed by atoms with E-state index in [9.17, 15) is 4.39 Å². The molecule has 2 aromatic heterocycles. The van der Waals surface area contributed by atoms with Crippen molar-refractivity contribution in [3.63, 3.8) is 0 Å². The van der Waals surface area contributed by atoms with Crippen LogP contribution in [0.3, 0.4) is 0 Å². The molecule has 1 N–H and O–H groups in total. The third kappa shape index (κ3) is 2.12. The van der Waals surface area contributed by atoms with E-state index in [4.69, 9.17) is 4.74 Å². The lowest BCUT2D eigenvalue weighted by atomic mass is 10.1. The minimum atomic E-state index is -0.393. The molecule has 1 aliphatic rings. The van der Waals surface area contributed by atoms with Crippen LogP contribution >= 0.6 is 0 Å². The minimum absolute atomic E-state index is 0.193. The molecule has 5 nitrogen and oxygen atoms in total. The van der Waals surface area contributed by atoms with Crippen LogP contribution in [0, 0.1) is 5.82 Å². The predicted octanol–water partition coefficient (Wildman–Crippen LogP) is 2.55. The molecule has 0 unspecified atom stereocenters. The molecule has 0 aliphatic carbocycles. The smallest absolute Gasteiger partial charge is 0.225 e. The average molecular weight is 298 g/mol. The number of fused-ring (bicyclic) bond motifs is 2. The van der Waals surface area contributed by atoms with Crippen molar-refractivity contribution in [1.82, 2.24) is 19.9 Å². The van der Waals surface area contributed by atoms with Gasteiger partial charge < -0.3 is 14.6 Å². The van der Waals surface area contributed by atoms with Crippen LogP contribution in [-0.2, 0) is 20.0 Å². The molecule has 3 heterocycles. The summed E-state index contributed by atoms with van der Waals surface area (Å²) in [6.07, 6.45) is 4.13. The van der Waals surface area contributed by atoms with Crippen LogP contribution in [0.15, 0.2) is 30.7 Å². The Bertz CT molecular complexity index is 859. The lowest BCUT2D eigenvalue weighted by Crippen LogP contribution is -2.25. The monoisotopic (exact) mass is 298 g/mol. The van der Waals surface area contributed by atoms with E-state index in [1.165, 1.54) is 12.4 Å². The molecule has 0 bridgehead atoms. The van der Waals surface area contributed by atoms with Crippen LogP contribution in [0.1, 0.15) is 11.3 Å². The van der Waals surface area contributed by atoms with E-state index >= 15 is 0 Å². The number of hydrogen-bond donors (Lipinski definition) is 1. The number of halogens is 1. The molecule has 112 valence electrons. The van der Waals surface area contributed by atoms with Gasteiger partial charge in [-0.1, -0.05) is 0 Å². The van der Waals surface area contributed by atoms with E-state index in [1.807, 2.05) is 23.9 Å². The van der Waals surface area contributed by atoms with Gasteiger partial charge in [-0.15, -0.1) is 0 Å². The quantitative estimate of drug-likeness (QED) is 0.790. The molecule has 0 saturated heterocycles. The zero-order valence-corrected chi connectivity index (χ0v) is 12.1. The van der Waals surface area contributed by atoms with Gasteiger partial charge in [-0.25, -0.2) is 14.4 Å². The molecule has 0 spiro atoms. The second kappa shape index (κ2) is 5.06. The number of aryl methyl sites for hydroxylation is 1. The van der Waals surface area contributed by atoms with Crippen molar-refractivity contribution in [3.8, 4) is 11.6 Å². The summed E-state index contributed by atoms with van der Waals surface area (Å²) in [5, 5.41) is 4.18. The van der Waals surface area contributed by atoms with Crippen LogP contribution in [0.2, 0.25) is 0 Å². The van der Waals surface area contributed by atoms with E-state index in [1.54, 1.807) is 6.07 Å². The van der Waals surface area contributed by atoms with Crippen molar-refractivity contribution < 1.29 is 9.13 Å².